The highest BCUT2D eigenvalue weighted by atomic mass is 16.5. The number of carbonyl (C=O) groups is 16. The Balaban J connectivity index is 3.12. The maximum Gasteiger partial charge on any atom is 0.329 e. The highest BCUT2D eigenvalue weighted by Gasteiger charge is 2.48. The molecule has 644 valence electrons. The second-order valence-electron chi connectivity index (χ2n) is 31.3. The second kappa shape index (κ2) is 48.5. The number of piperidine rings is 1. The van der Waals surface area contributed by atoms with E-state index < -0.39 is 266 Å². The van der Waals surface area contributed by atoms with Crippen LogP contribution in [0.3, 0.4) is 0 Å². The number of aliphatic hydroxyl groups excluding tert-OH is 4. The van der Waals surface area contributed by atoms with Gasteiger partial charge in [0, 0.05) is 39.5 Å². The summed E-state index contributed by atoms with van der Waals surface area (Å²) >= 11 is 0. The first-order valence-corrected chi connectivity index (χ1v) is 38.9. The number of amides is 14. The molecule has 0 aromatic carbocycles. The second-order valence-corrected chi connectivity index (χ2v) is 31.3. The zero-order valence-corrected chi connectivity index (χ0v) is 68.0. The molecule has 2 aliphatic rings. The number of primary amides is 3. The van der Waals surface area contributed by atoms with Gasteiger partial charge in [0.05, 0.1) is 37.2 Å². The molecule has 2 aliphatic heterocycles. The number of esters is 1. The molecule has 22 atom stereocenters. The number of nitrogens with two attached hydrogens (primary N) is 5. The fourth-order valence-corrected chi connectivity index (χ4v) is 13.4. The molecular weight excluding hydrogens is 1480 g/mol. The number of hydrogen-bond donors (Lipinski definition) is 19. The Morgan fingerprint density at radius 1 is 0.611 bits per heavy atom. The highest BCUT2D eigenvalue weighted by molar-refractivity contribution is 6.00. The fourth-order valence-electron chi connectivity index (χ4n) is 13.4. The van der Waals surface area contributed by atoms with Crippen LogP contribution in [0.1, 0.15) is 180 Å². The van der Waals surface area contributed by atoms with Crippen molar-refractivity contribution in [2.75, 3.05) is 40.4 Å². The van der Waals surface area contributed by atoms with Crippen molar-refractivity contribution in [1.29, 1.82) is 0 Å². The first-order chi connectivity index (χ1) is 52.7. The van der Waals surface area contributed by atoms with Gasteiger partial charge in [-0.15, -0.1) is 0 Å². The first kappa shape index (κ1) is 100. The van der Waals surface area contributed by atoms with Crippen molar-refractivity contribution >= 4 is 94.6 Å². The maximum atomic E-state index is 15.5. The lowest BCUT2D eigenvalue weighted by atomic mass is 9.80. The van der Waals surface area contributed by atoms with Gasteiger partial charge in [0.1, 0.15) is 72.6 Å². The molecule has 0 radical (unpaired) electrons. The molecule has 0 saturated carbocycles. The molecule has 2 fully saturated rings. The van der Waals surface area contributed by atoms with Gasteiger partial charge in [0.15, 0.2) is 6.10 Å². The van der Waals surface area contributed by atoms with Crippen LogP contribution >= 0.6 is 0 Å². The number of carboxylic acids is 1. The zero-order valence-electron chi connectivity index (χ0n) is 68.0. The number of nitrogens with one attached hydrogen (secondary N) is 9. The Hall–Kier alpha value is -8.76. The Labute approximate surface area is 660 Å². The number of rotatable bonds is 39. The number of aliphatic hydroxyl groups is 4. The largest absolute Gasteiger partial charge is 0.481 e. The van der Waals surface area contributed by atoms with Gasteiger partial charge in [-0.25, -0.2) is 4.79 Å². The molecule has 0 aliphatic carbocycles. The molecule has 113 heavy (non-hydrogen) atoms. The molecule has 22 unspecified atom stereocenters. The SMILES string of the molecule is COC(C)C1NC(=O)C(CCC(N)=O)N(C)C(=O)C(CC(C)C)NC(=O)C(CCCN)NC(=O)C(CO)NC(=O)C(NC(=O)C(NC(=O)C(O)C(O)C(CCC(N)=O)NC(=O)C(CCCN)NC(=O)C(C)C(O)C(C)C(C)CC(C)C)C(C)C(C)C(N)=O)C(C(C)C(C)C)OC(=O)C2CCCCN2C(=O)C(CC(=O)O)NC1=O. The van der Waals surface area contributed by atoms with E-state index in [0.29, 0.717) is 0 Å². The molecule has 39 nitrogen and oxygen atoms in total. The van der Waals surface area contributed by atoms with E-state index >= 15 is 19.2 Å². The van der Waals surface area contributed by atoms with Gasteiger partial charge in [0.25, 0.3) is 5.91 Å². The lowest BCUT2D eigenvalue weighted by Crippen LogP contribution is -2.65. The van der Waals surface area contributed by atoms with Gasteiger partial charge in [-0.05, 0) is 132 Å². The lowest BCUT2D eigenvalue weighted by Gasteiger charge is -2.39. The van der Waals surface area contributed by atoms with Crippen molar-refractivity contribution in [3.63, 3.8) is 0 Å². The van der Waals surface area contributed by atoms with Crippen LogP contribution in [-0.2, 0) is 86.2 Å². The Morgan fingerprint density at radius 3 is 1.73 bits per heavy atom. The monoisotopic (exact) mass is 1610 g/mol. The van der Waals surface area contributed by atoms with Gasteiger partial charge in [-0.2, -0.15) is 0 Å². The third-order valence-corrected chi connectivity index (χ3v) is 21.4. The standard InChI is InChI=1S/C74H130N16O23/c1-34(2)30-37(7)39(9)58(96)42(12)63(100)81-45(20-18-27-75)64(101)80-44(23-25-52(77)92)59(97)60(98)71(108)86-55(40(10)41(11)62(79)99)68(105)88-57-61(38(8)36(5)6)113-74(111)51-22-16-17-29-90(51)73(110)48(32-54(94)95)84-69(106)56(43(13)112-15)87-67(104)50(24-26-53(78)93)89(14)72(109)47(31-35(3)4)83-65(102)46(21-19-28-76)82-66(103)49(33-91)85-70(57)107/h34-51,55-61,91,96-98H,16-33,75-76H2,1-15H3,(H2,77,92)(H2,78,93)(H2,79,99)(H,80,101)(H,81,100)(H,82,103)(H,83,102)(H,84,106)(H,85,107)(H,86,108)(H,87,104)(H,88,105)(H,94,95). The summed E-state index contributed by atoms with van der Waals surface area (Å²) in [6, 6.07) is -20.1. The van der Waals surface area contributed by atoms with E-state index in [9.17, 15) is 83.1 Å². The number of hydrogen-bond acceptors (Lipinski definition) is 24. The molecule has 2 rings (SSSR count). The number of carbonyl (C=O) groups excluding carboxylic acids is 15. The van der Waals surface area contributed by atoms with Gasteiger partial charge >= 0.3 is 11.9 Å². The number of methoxy groups -OCH3 is 1. The molecule has 0 bridgehead atoms. The zero-order chi connectivity index (χ0) is 86.3. The number of fused-ring (bicyclic) bond motifs is 1. The van der Waals surface area contributed by atoms with E-state index in [-0.39, 0.29) is 88.8 Å². The fraction of sp³-hybridized carbons (Fsp3) is 0.784. The number of aliphatic carboxylic acids is 1. The summed E-state index contributed by atoms with van der Waals surface area (Å²) in [6.07, 6.45) is -12.3. The minimum Gasteiger partial charge on any atom is -0.481 e. The van der Waals surface area contributed by atoms with Crippen molar-refractivity contribution in [3.8, 4) is 0 Å². The van der Waals surface area contributed by atoms with Crippen molar-refractivity contribution in [2.24, 2.45) is 81.9 Å². The Kier molecular flexibility index (Phi) is 43.0. The first-order valence-electron chi connectivity index (χ1n) is 38.9. The van der Waals surface area contributed by atoms with Crippen LogP contribution < -0.4 is 76.5 Å². The van der Waals surface area contributed by atoms with Crippen LogP contribution in [-0.4, -0.2) is 267 Å². The number of cyclic esters (lactones) is 1. The predicted molar refractivity (Wildman–Crippen MR) is 408 cm³/mol. The summed E-state index contributed by atoms with van der Waals surface area (Å²) in [7, 11) is 2.31. The molecule has 0 aromatic rings. The van der Waals surface area contributed by atoms with Gasteiger partial charge in [-0.1, -0.05) is 83.1 Å². The third-order valence-electron chi connectivity index (χ3n) is 21.4. The molecule has 0 aromatic heterocycles. The van der Waals surface area contributed by atoms with E-state index in [4.69, 9.17) is 38.1 Å². The smallest absolute Gasteiger partial charge is 0.329 e. The summed E-state index contributed by atoms with van der Waals surface area (Å²) in [5.74, 6) is -25.2. The summed E-state index contributed by atoms with van der Waals surface area (Å²) in [5.41, 5.74) is 28.5. The predicted octanol–water partition coefficient (Wildman–Crippen LogP) is -4.87. The normalized spacial score (nSPS) is 24.5. The number of ether oxygens (including phenoxy) is 2. The van der Waals surface area contributed by atoms with Gasteiger partial charge in [-0.3, -0.25) is 71.9 Å². The summed E-state index contributed by atoms with van der Waals surface area (Å²) < 4.78 is 11.8. The summed E-state index contributed by atoms with van der Waals surface area (Å²) in [6.45, 7) is 19.4. The number of nitrogens with zero attached hydrogens (tertiary/aromatic N) is 2. The number of carboxylic acid groups (broad SMARTS) is 1. The van der Waals surface area contributed by atoms with E-state index in [2.05, 4.69) is 47.9 Å². The van der Waals surface area contributed by atoms with Crippen molar-refractivity contribution in [2.45, 2.75) is 277 Å². The van der Waals surface area contributed by atoms with Gasteiger partial charge in [0.2, 0.25) is 76.8 Å². The van der Waals surface area contributed by atoms with Crippen LogP contribution in [0, 0.1) is 53.3 Å². The van der Waals surface area contributed by atoms with Crippen LogP contribution in [0.4, 0.5) is 0 Å². The highest BCUT2D eigenvalue weighted by Crippen LogP contribution is 2.29. The van der Waals surface area contributed by atoms with Crippen LogP contribution in [0.15, 0.2) is 0 Å². The van der Waals surface area contributed by atoms with Crippen LogP contribution in [0.25, 0.3) is 0 Å². The summed E-state index contributed by atoms with van der Waals surface area (Å²) in [5, 5.41) is 78.5. The van der Waals surface area contributed by atoms with Crippen molar-refractivity contribution in [3.05, 3.63) is 0 Å². The Morgan fingerprint density at radius 2 is 1.19 bits per heavy atom. The molecule has 0 spiro atoms. The van der Waals surface area contributed by atoms with E-state index in [1.807, 2.05) is 20.8 Å². The Bertz CT molecular complexity index is 3240. The van der Waals surface area contributed by atoms with Crippen LogP contribution in [0.5, 0.6) is 0 Å². The minimum atomic E-state index is -2.69. The third kappa shape index (κ3) is 31.2. The maximum absolute atomic E-state index is 15.5. The molecule has 2 saturated heterocycles. The van der Waals surface area contributed by atoms with Crippen LogP contribution in [0.2, 0.25) is 0 Å². The molecule has 2 heterocycles. The van der Waals surface area contributed by atoms with E-state index in [0.717, 1.165) is 30.4 Å². The minimum absolute atomic E-state index is 0.0119. The van der Waals surface area contributed by atoms with Crippen molar-refractivity contribution in [1.82, 2.24) is 57.7 Å². The number of likely N-dealkylation sites (N-methyl/N-ethyl adjacent to an activating group) is 1. The van der Waals surface area contributed by atoms with E-state index in [1.54, 1.807) is 34.6 Å². The molecule has 39 heteroatoms. The average Bonchev–Trinajstić information content (AvgIpc) is 0.889. The topological polar surface area (TPSA) is 638 Å². The van der Waals surface area contributed by atoms with Gasteiger partial charge < -0.3 is 121 Å². The summed E-state index contributed by atoms with van der Waals surface area (Å²) in [4.78, 5) is 230. The quantitative estimate of drug-likeness (QED) is 0.0257. The molecule has 24 N–H and O–H groups in total. The molecule has 14 amide bonds. The molecular formula is C74H130N16O23. The lowest BCUT2D eigenvalue weighted by molar-refractivity contribution is -0.168. The van der Waals surface area contributed by atoms with Crippen molar-refractivity contribution < 1.29 is 112 Å². The van der Waals surface area contributed by atoms with E-state index in [1.165, 1.54) is 34.6 Å². The average molecular weight is 1610 g/mol.